The van der Waals surface area contributed by atoms with E-state index in [0.717, 1.165) is 24.3 Å². The smallest absolute Gasteiger partial charge is 0.215 e. The standard InChI is InChI=1S/C20H30N2O3S/c1-3-4-5-6-7-8-11-18-26(23,24)22-16-14-21(15-17-22)19-12-9-10-13-20(19)25-2/h9-10,12-13H,3-6,11,14-18H2,1-2H3. The molecule has 144 valence electrons. The number of hydrogen-bond donors (Lipinski definition) is 0. The van der Waals surface area contributed by atoms with Gasteiger partial charge in [-0.25, -0.2) is 8.42 Å². The van der Waals surface area contributed by atoms with Crippen LogP contribution in [0.25, 0.3) is 0 Å². The van der Waals surface area contributed by atoms with E-state index in [0.29, 0.717) is 32.6 Å². The summed E-state index contributed by atoms with van der Waals surface area (Å²) in [4.78, 5) is 2.18. The number of sulfonamides is 1. The van der Waals surface area contributed by atoms with Crippen molar-refractivity contribution in [1.29, 1.82) is 0 Å². The van der Waals surface area contributed by atoms with Crippen molar-refractivity contribution in [1.82, 2.24) is 4.31 Å². The van der Waals surface area contributed by atoms with Gasteiger partial charge in [0.1, 0.15) is 5.75 Å². The largest absolute Gasteiger partial charge is 0.495 e. The van der Waals surface area contributed by atoms with Crippen molar-refractivity contribution >= 4 is 15.7 Å². The van der Waals surface area contributed by atoms with Crippen LogP contribution in [0.15, 0.2) is 24.3 Å². The quantitative estimate of drug-likeness (QED) is 0.515. The Labute approximate surface area is 158 Å². The highest BCUT2D eigenvalue weighted by atomic mass is 32.2. The molecule has 0 atom stereocenters. The monoisotopic (exact) mass is 378 g/mol. The van der Waals surface area contributed by atoms with Gasteiger partial charge in [0.15, 0.2) is 0 Å². The fourth-order valence-electron chi connectivity index (χ4n) is 3.05. The van der Waals surface area contributed by atoms with E-state index in [2.05, 4.69) is 23.7 Å². The third-order valence-electron chi connectivity index (χ3n) is 4.57. The molecule has 1 heterocycles. The van der Waals surface area contributed by atoms with Crippen molar-refractivity contribution < 1.29 is 13.2 Å². The van der Waals surface area contributed by atoms with E-state index < -0.39 is 10.0 Å². The van der Waals surface area contributed by atoms with Crippen LogP contribution < -0.4 is 9.64 Å². The predicted molar refractivity (Wildman–Crippen MR) is 107 cm³/mol. The van der Waals surface area contributed by atoms with Gasteiger partial charge in [0.25, 0.3) is 0 Å². The van der Waals surface area contributed by atoms with E-state index in [4.69, 9.17) is 4.74 Å². The lowest BCUT2D eigenvalue weighted by atomic mass is 10.2. The molecule has 0 aromatic heterocycles. The summed E-state index contributed by atoms with van der Waals surface area (Å²) in [7, 11) is -1.57. The second kappa shape index (κ2) is 10.4. The molecule has 0 spiro atoms. The normalized spacial score (nSPS) is 15.4. The molecule has 0 unspecified atom stereocenters. The van der Waals surface area contributed by atoms with Crippen LogP contribution >= 0.6 is 0 Å². The Morgan fingerprint density at radius 1 is 1.04 bits per heavy atom. The third-order valence-corrected chi connectivity index (χ3v) is 6.45. The fourth-order valence-corrected chi connectivity index (χ4v) is 4.39. The van der Waals surface area contributed by atoms with Crippen molar-refractivity contribution in [2.75, 3.05) is 43.9 Å². The molecule has 26 heavy (non-hydrogen) atoms. The molecule has 1 aromatic carbocycles. The van der Waals surface area contributed by atoms with Crippen LogP contribution in [0, 0.1) is 11.8 Å². The van der Waals surface area contributed by atoms with Gasteiger partial charge in [0, 0.05) is 39.0 Å². The van der Waals surface area contributed by atoms with Gasteiger partial charge in [0.05, 0.1) is 18.6 Å². The third kappa shape index (κ3) is 5.93. The molecule has 1 aliphatic heterocycles. The number of anilines is 1. The maximum atomic E-state index is 12.5. The van der Waals surface area contributed by atoms with Crippen molar-refractivity contribution in [3.8, 4) is 17.6 Å². The maximum absolute atomic E-state index is 12.5. The second-order valence-electron chi connectivity index (χ2n) is 6.43. The molecule has 0 bridgehead atoms. The number of ether oxygens (including phenoxy) is 1. The maximum Gasteiger partial charge on any atom is 0.215 e. The Hall–Kier alpha value is -1.71. The molecule has 1 aliphatic rings. The topological polar surface area (TPSA) is 49.9 Å². The van der Waals surface area contributed by atoms with Gasteiger partial charge in [-0.1, -0.05) is 31.9 Å². The zero-order valence-corrected chi connectivity index (χ0v) is 16.7. The first-order chi connectivity index (χ1) is 12.6. The van der Waals surface area contributed by atoms with E-state index in [1.807, 2.05) is 24.3 Å². The Kier molecular flexibility index (Phi) is 8.27. The van der Waals surface area contributed by atoms with Crippen LogP contribution in [0.4, 0.5) is 5.69 Å². The summed E-state index contributed by atoms with van der Waals surface area (Å²) >= 11 is 0. The first-order valence-corrected chi connectivity index (χ1v) is 11.0. The molecule has 0 aliphatic carbocycles. The molecular formula is C20H30N2O3S. The summed E-state index contributed by atoms with van der Waals surface area (Å²) in [5, 5.41) is 0. The van der Waals surface area contributed by atoms with Gasteiger partial charge in [-0.3, -0.25) is 0 Å². The number of nitrogens with zero attached hydrogens (tertiary/aromatic N) is 2. The summed E-state index contributed by atoms with van der Waals surface area (Å²) in [6.07, 6.45) is 4.74. The van der Waals surface area contributed by atoms with Crippen LogP contribution in [-0.4, -0.2) is 51.8 Å². The van der Waals surface area contributed by atoms with Crippen molar-refractivity contribution in [2.24, 2.45) is 0 Å². The minimum atomic E-state index is -3.23. The average Bonchev–Trinajstić information content (AvgIpc) is 2.67. The summed E-state index contributed by atoms with van der Waals surface area (Å²) in [6, 6.07) is 7.85. The molecule has 1 saturated heterocycles. The number of unbranched alkanes of at least 4 members (excludes halogenated alkanes) is 3. The SMILES string of the molecule is CCCCCC#CCCS(=O)(=O)N1CCN(c2ccccc2OC)CC1. The van der Waals surface area contributed by atoms with E-state index in [9.17, 15) is 8.42 Å². The molecule has 5 nitrogen and oxygen atoms in total. The summed E-state index contributed by atoms with van der Waals surface area (Å²) < 4.78 is 32.0. The molecule has 2 rings (SSSR count). The van der Waals surface area contributed by atoms with Crippen LogP contribution in [-0.2, 0) is 10.0 Å². The lowest BCUT2D eigenvalue weighted by Crippen LogP contribution is -2.49. The predicted octanol–water partition coefficient (Wildman–Crippen LogP) is 3.12. The lowest BCUT2D eigenvalue weighted by Gasteiger charge is -2.35. The van der Waals surface area contributed by atoms with Crippen LogP contribution in [0.5, 0.6) is 5.75 Å². The first kappa shape index (κ1) is 20.6. The van der Waals surface area contributed by atoms with Gasteiger partial charge in [-0.15, -0.1) is 11.8 Å². The van der Waals surface area contributed by atoms with Crippen LogP contribution in [0.2, 0.25) is 0 Å². The van der Waals surface area contributed by atoms with Gasteiger partial charge < -0.3 is 9.64 Å². The zero-order valence-electron chi connectivity index (χ0n) is 15.9. The molecule has 0 amide bonds. The van der Waals surface area contributed by atoms with Crippen LogP contribution in [0.1, 0.15) is 39.0 Å². The number of piperazine rings is 1. The van der Waals surface area contributed by atoms with Gasteiger partial charge in [-0.2, -0.15) is 4.31 Å². The highest BCUT2D eigenvalue weighted by Crippen LogP contribution is 2.28. The molecule has 1 fully saturated rings. The Morgan fingerprint density at radius 3 is 2.42 bits per heavy atom. The number of methoxy groups -OCH3 is 1. The summed E-state index contributed by atoms with van der Waals surface area (Å²) in [5.74, 6) is 7.02. The van der Waals surface area contributed by atoms with E-state index in [1.54, 1.807) is 11.4 Å². The number of benzene rings is 1. The van der Waals surface area contributed by atoms with E-state index >= 15 is 0 Å². The van der Waals surface area contributed by atoms with Gasteiger partial charge >= 0.3 is 0 Å². The van der Waals surface area contributed by atoms with Gasteiger partial charge in [-0.05, 0) is 18.6 Å². The van der Waals surface area contributed by atoms with Crippen molar-refractivity contribution in [2.45, 2.75) is 39.0 Å². The molecular weight excluding hydrogens is 348 g/mol. The molecule has 0 radical (unpaired) electrons. The molecule has 1 aromatic rings. The zero-order chi connectivity index (χ0) is 18.8. The fraction of sp³-hybridized carbons (Fsp3) is 0.600. The van der Waals surface area contributed by atoms with Crippen molar-refractivity contribution in [3.05, 3.63) is 24.3 Å². The summed E-state index contributed by atoms with van der Waals surface area (Å²) in [5.41, 5.74) is 1.02. The highest BCUT2D eigenvalue weighted by molar-refractivity contribution is 7.89. The van der Waals surface area contributed by atoms with Gasteiger partial charge in [0.2, 0.25) is 10.0 Å². The minimum Gasteiger partial charge on any atom is -0.495 e. The van der Waals surface area contributed by atoms with E-state index in [-0.39, 0.29) is 5.75 Å². The van der Waals surface area contributed by atoms with Crippen LogP contribution in [0.3, 0.4) is 0 Å². The number of para-hydroxylation sites is 2. The second-order valence-corrected chi connectivity index (χ2v) is 8.52. The Balaban J connectivity index is 1.82. The molecule has 6 heteroatoms. The Bertz CT molecular complexity index is 714. The molecule has 0 saturated carbocycles. The first-order valence-electron chi connectivity index (χ1n) is 9.40. The highest BCUT2D eigenvalue weighted by Gasteiger charge is 2.27. The number of hydrogen-bond acceptors (Lipinski definition) is 4. The lowest BCUT2D eigenvalue weighted by molar-refractivity contribution is 0.378. The average molecular weight is 379 g/mol. The number of rotatable bonds is 8. The Morgan fingerprint density at radius 2 is 1.73 bits per heavy atom. The van der Waals surface area contributed by atoms with Crippen molar-refractivity contribution in [3.63, 3.8) is 0 Å². The van der Waals surface area contributed by atoms with E-state index in [1.165, 1.54) is 12.8 Å². The molecule has 0 N–H and O–H groups in total. The minimum absolute atomic E-state index is 0.114. The summed E-state index contributed by atoms with van der Waals surface area (Å²) in [6.45, 7) is 4.51.